The number of nitrogens with zero attached hydrogens (tertiary/aromatic N) is 5. The molecule has 4 fully saturated rings. The summed E-state index contributed by atoms with van der Waals surface area (Å²) in [4.78, 5) is 45.4. The summed E-state index contributed by atoms with van der Waals surface area (Å²) in [5, 5.41) is 0. The van der Waals surface area contributed by atoms with Crippen LogP contribution in [0.1, 0.15) is 114 Å². The van der Waals surface area contributed by atoms with Gasteiger partial charge in [0.25, 0.3) is 0 Å². The number of hydrogen-bond acceptors (Lipinski definition) is 8. The van der Waals surface area contributed by atoms with E-state index in [-0.39, 0.29) is 29.4 Å². The van der Waals surface area contributed by atoms with Crippen molar-refractivity contribution in [2.24, 2.45) is 23.2 Å². The standard InChI is InChI=1S/C40H53N5O5/c1-25-35(48-5)17-16-33(42-25)27-8-6-26(7-9-27)21-45(36-20-30(18-19-41-36)34-24-49-37(43-34)28-10-11-28)38(46)29-12-14-32(15-13-29)50-39(47)44-22-31(23-44)40(2,3)4/h16-20,24,26-29,31-32H,6-15,21-23H2,1-5H3/t26-,27-,29-,32-. The molecule has 0 unspecified atom stereocenters. The van der Waals surface area contributed by atoms with Crippen LogP contribution >= 0.6 is 0 Å². The lowest BCUT2D eigenvalue weighted by molar-refractivity contribution is -0.124. The van der Waals surface area contributed by atoms with Gasteiger partial charge in [-0.1, -0.05) is 20.8 Å². The number of methoxy groups -OCH3 is 1. The number of ether oxygens (including phenoxy) is 2. The number of anilines is 1. The Morgan fingerprint density at radius 2 is 1.66 bits per heavy atom. The van der Waals surface area contributed by atoms with Crippen LogP contribution in [0.3, 0.4) is 0 Å². The van der Waals surface area contributed by atoms with Crippen LogP contribution in [0.5, 0.6) is 5.75 Å². The van der Waals surface area contributed by atoms with Gasteiger partial charge in [-0.3, -0.25) is 14.7 Å². The van der Waals surface area contributed by atoms with E-state index >= 15 is 0 Å². The molecule has 3 saturated carbocycles. The van der Waals surface area contributed by atoms with Crippen molar-refractivity contribution in [3.63, 3.8) is 0 Å². The Morgan fingerprint density at radius 3 is 2.32 bits per heavy atom. The lowest BCUT2D eigenvalue weighted by atomic mass is 9.76. The quantitative estimate of drug-likeness (QED) is 0.222. The maximum atomic E-state index is 14.4. The van der Waals surface area contributed by atoms with Crippen LogP contribution in [0, 0.1) is 30.1 Å². The van der Waals surface area contributed by atoms with Crippen LogP contribution in [0.4, 0.5) is 10.6 Å². The SMILES string of the molecule is COc1ccc([C@H]2CC[C@H](CN(c3cc(-c4coc(C5CC5)n4)ccn3)C(=O)[C@H]3CC[C@H](OC(=O)N4CC(C(C)(C)C)C4)CC3)CC2)nc1C. The highest BCUT2D eigenvalue weighted by Gasteiger charge is 2.40. The topological polar surface area (TPSA) is 111 Å². The maximum Gasteiger partial charge on any atom is 0.410 e. The predicted octanol–water partition coefficient (Wildman–Crippen LogP) is 8.31. The van der Waals surface area contributed by atoms with E-state index in [4.69, 9.17) is 28.8 Å². The van der Waals surface area contributed by atoms with Gasteiger partial charge in [-0.2, -0.15) is 0 Å². The minimum absolute atomic E-state index is 0.114. The Morgan fingerprint density at radius 1 is 0.940 bits per heavy atom. The average Bonchev–Trinajstić information content (AvgIpc) is 3.82. The first kappa shape index (κ1) is 34.5. The van der Waals surface area contributed by atoms with E-state index < -0.39 is 0 Å². The molecule has 10 heteroatoms. The third-order valence-electron chi connectivity index (χ3n) is 11.7. The number of amides is 2. The molecule has 10 nitrogen and oxygen atoms in total. The highest BCUT2D eigenvalue weighted by molar-refractivity contribution is 5.94. The monoisotopic (exact) mass is 683 g/mol. The van der Waals surface area contributed by atoms with Gasteiger partial charge in [0.15, 0.2) is 5.89 Å². The smallest absolute Gasteiger partial charge is 0.410 e. The van der Waals surface area contributed by atoms with Crippen molar-refractivity contribution < 1.29 is 23.5 Å². The van der Waals surface area contributed by atoms with Crippen LogP contribution in [0.25, 0.3) is 11.3 Å². The third kappa shape index (κ3) is 7.69. The molecule has 0 bridgehead atoms. The minimum Gasteiger partial charge on any atom is -0.495 e. The van der Waals surface area contributed by atoms with E-state index in [2.05, 4.69) is 26.8 Å². The van der Waals surface area contributed by atoms with Crippen molar-refractivity contribution in [2.75, 3.05) is 31.6 Å². The molecule has 0 N–H and O–H groups in total. The average molecular weight is 684 g/mol. The Hall–Kier alpha value is -3.95. The number of rotatable bonds is 9. The first-order valence-electron chi connectivity index (χ1n) is 18.8. The lowest BCUT2D eigenvalue weighted by Crippen LogP contribution is -2.55. The number of aromatic nitrogens is 3. The Kier molecular flexibility index (Phi) is 9.90. The summed E-state index contributed by atoms with van der Waals surface area (Å²) >= 11 is 0. The lowest BCUT2D eigenvalue weighted by Gasteiger charge is -2.46. The van der Waals surface area contributed by atoms with Gasteiger partial charge in [0.05, 0.1) is 12.8 Å². The van der Waals surface area contributed by atoms with E-state index in [9.17, 15) is 9.59 Å². The van der Waals surface area contributed by atoms with Crippen molar-refractivity contribution in [3.8, 4) is 17.0 Å². The molecule has 50 heavy (non-hydrogen) atoms. The first-order chi connectivity index (χ1) is 24.1. The molecule has 2 amide bonds. The van der Waals surface area contributed by atoms with E-state index in [1.54, 1.807) is 19.6 Å². The molecule has 0 spiro atoms. The van der Waals surface area contributed by atoms with Crippen LogP contribution in [-0.2, 0) is 9.53 Å². The number of likely N-dealkylation sites (tertiary alicyclic amines) is 1. The Balaban J connectivity index is 1.02. The fraction of sp³-hybridized carbons (Fsp3) is 0.625. The third-order valence-corrected chi connectivity index (χ3v) is 11.7. The number of carbonyl (C=O) groups is 2. The second-order valence-electron chi connectivity index (χ2n) is 16.3. The molecule has 1 saturated heterocycles. The van der Waals surface area contributed by atoms with Gasteiger partial charge in [0.1, 0.15) is 29.6 Å². The predicted molar refractivity (Wildman–Crippen MR) is 191 cm³/mol. The molecule has 4 aliphatic rings. The zero-order valence-corrected chi connectivity index (χ0v) is 30.4. The highest BCUT2D eigenvalue weighted by atomic mass is 16.6. The van der Waals surface area contributed by atoms with Crippen LogP contribution in [0.2, 0.25) is 0 Å². The molecule has 3 aromatic heterocycles. The molecule has 3 aromatic rings. The fourth-order valence-electron chi connectivity index (χ4n) is 7.91. The first-order valence-corrected chi connectivity index (χ1v) is 18.8. The van der Waals surface area contributed by atoms with Gasteiger partial charge >= 0.3 is 6.09 Å². The molecule has 3 aliphatic carbocycles. The summed E-state index contributed by atoms with van der Waals surface area (Å²) in [5.74, 6) is 3.95. The Labute approximate surface area is 296 Å². The van der Waals surface area contributed by atoms with Gasteiger partial charge in [-0.25, -0.2) is 14.8 Å². The second-order valence-corrected chi connectivity index (χ2v) is 16.3. The van der Waals surface area contributed by atoms with E-state index in [0.29, 0.717) is 61.7 Å². The van der Waals surface area contributed by atoms with Crippen LogP contribution < -0.4 is 9.64 Å². The number of aryl methyl sites for hydroxylation is 1. The maximum absolute atomic E-state index is 14.4. The van der Waals surface area contributed by atoms with Gasteiger partial charge < -0.3 is 18.8 Å². The van der Waals surface area contributed by atoms with Crippen molar-refractivity contribution >= 4 is 17.8 Å². The fourth-order valence-corrected chi connectivity index (χ4v) is 7.91. The zero-order chi connectivity index (χ0) is 35.0. The summed E-state index contributed by atoms with van der Waals surface area (Å²) in [6.07, 6.45) is 12.3. The molecular formula is C40H53N5O5. The van der Waals surface area contributed by atoms with E-state index in [1.807, 2.05) is 34.9 Å². The van der Waals surface area contributed by atoms with Crippen LogP contribution in [-0.4, -0.2) is 64.7 Å². The van der Waals surface area contributed by atoms with Crippen molar-refractivity contribution in [1.82, 2.24) is 19.9 Å². The summed E-state index contributed by atoms with van der Waals surface area (Å²) in [6.45, 7) is 10.8. The molecular weight excluding hydrogens is 630 g/mol. The van der Waals surface area contributed by atoms with E-state index in [1.165, 1.54) is 0 Å². The normalized spacial score (nSPS) is 24.4. The molecule has 4 heterocycles. The zero-order valence-electron chi connectivity index (χ0n) is 30.4. The van der Waals surface area contributed by atoms with Gasteiger partial charge in [-0.05, 0) is 113 Å². The summed E-state index contributed by atoms with van der Waals surface area (Å²) in [6, 6.07) is 8.05. The van der Waals surface area contributed by atoms with Crippen molar-refractivity contribution in [1.29, 1.82) is 0 Å². The molecule has 1 aliphatic heterocycles. The summed E-state index contributed by atoms with van der Waals surface area (Å²) in [5.41, 5.74) is 3.93. The van der Waals surface area contributed by atoms with Gasteiger partial charge in [0.2, 0.25) is 5.91 Å². The van der Waals surface area contributed by atoms with Crippen molar-refractivity contribution in [2.45, 2.75) is 110 Å². The largest absolute Gasteiger partial charge is 0.495 e. The van der Waals surface area contributed by atoms with Crippen LogP contribution in [0.15, 0.2) is 41.1 Å². The van der Waals surface area contributed by atoms with E-state index in [0.717, 1.165) is 85.9 Å². The Bertz CT molecular complexity index is 1660. The number of hydrogen-bond donors (Lipinski definition) is 0. The molecule has 0 atom stereocenters. The number of pyridine rings is 2. The summed E-state index contributed by atoms with van der Waals surface area (Å²) < 4.78 is 17.1. The summed E-state index contributed by atoms with van der Waals surface area (Å²) in [7, 11) is 1.68. The van der Waals surface area contributed by atoms with Gasteiger partial charge in [-0.15, -0.1) is 0 Å². The highest BCUT2D eigenvalue weighted by Crippen LogP contribution is 2.41. The van der Waals surface area contributed by atoms with Crippen molar-refractivity contribution in [3.05, 3.63) is 54.0 Å². The number of oxazole rings is 1. The molecule has 0 radical (unpaired) electrons. The molecule has 7 rings (SSSR count). The second kappa shape index (κ2) is 14.3. The number of carbonyl (C=O) groups excluding carboxylic acids is 2. The molecule has 268 valence electrons. The molecule has 0 aromatic carbocycles. The van der Waals surface area contributed by atoms with Gasteiger partial charge in [0, 0.05) is 54.8 Å². The minimum atomic E-state index is -0.212.